The molecule has 0 aromatic carbocycles. The van der Waals surface area contributed by atoms with E-state index in [0.717, 1.165) is 19.5 Å². The molecule has 0 aliphatic carbocycles. The molecule has 1 aliphatic rings. The molecular weight excluding hydrogens is 229 g/mol. The van der Waals surface area contributed by atoms with Crippen LogP contribution >= 0.6 is 22.6 Å². The number of aliphatic hydroxyl groups excluding tert-OH is 1. The lowest BCUT2D eigenvalue weighted by molar-refractivity contribution is 0.178. The fraction of sp³-hybridized carbons (Fsp3) is 0.667. The second kappa shape index (κ2) is 3.53. The van der Waals surface area contributed by atoms with Crippen LogP contribution in [0, 0.1) is 0 Å². The first kappa shape index (κ1) is 7.50. The molecule has 0 amide bonds. The molecule has 2 nitrogen and oxygen atoms in total. The van der Waals surface area contributed by atoms with Gasteiger partial charge in [-0.25, -0.2) is 0 Å². The molecular formula is C6H10INO. The Bertz CT molecular complexity index is 124. The maximum atomic E-state index is 9.15. The van der Waals surface area contributed by atoms with Gasteiger partial charge in [-0.3, -0.25) is 0 Å². The maximum Gasteiger partial charge on any atom is 0.0709 e. The third kappa shape index (κ3) is 2.64. The smallest absolute Gasteiger partial charge is 0.0709 e. The summed E-state index contributed by atoms with van der Waals surface area (Å²) in [7, 11) is 0. The molecule has 0 spiro atoms. The molecule has 0 saturated heterocycles. The Kier molecular flexibility index (Phi) is 2.94. The molecule has 0 bridgehead atoms. The Morgan fingerprint density at radius 3 is 3.33 bits per heavy atom. The van der Waals surface area contributed by atoms with Gasteiger partial charge in [0.2, 0.25) is 0 Å². The van der Waals surface area contributed by atoms with Crippen molar-refractivity contribution in [1.82, 2.24) is 5.32 Å². The van der Waals surface area contributed by atoms with Crippen LogP contribution in [0.3, 0.4) is 0 Å². The Labute approximate surface area is 68.5 Å². The van der Waals surface area contributed by atoms with Crippen LogP contribution in [0.1, 0.15) is 6.42 Å². The van der Waals surface area contributed by atoms with Gasteiger partial charge in [-0.2, -0.15) is 0 Å². The van der Waals surface area contributed by atoms with E-state index in [0.29, 0.717) is 0 Å². The molecule has 0 saturated carbocycles. The van der Waals surface area contributed by atoms with Crippen molar-refractivity contribution >= 4 is 22.6 Å². The summed E-state index contributed by atoms with van der Waals surface area (Å²) in [6.07, 6.45) is 2.74. The van der Waals surface area contributed by atoms with Crippen LogP contribution in [0.15, 0.2) is 9.66 Å². The number of halogens is 1. The Morgan fingerprint density at radius 2 is 2.56 bits per heavy atom. The van der Waals surface area contributed by atoms with Gasteiger partial charge in [0.15, 0.2) is 0 Å². The number of hydrogen-bond donors (Lipinski definition) is 2. The zero-order valence-corrected chi connectivity index (χ0v) is 7.26. The molecule has 1 rings (SSSR count). The quantitative estimate of drug-likeness (QED) is 0.608. The molecule has 9 heavy (non-hydrogen) atoms. The largest absolute Gasteiger partial charge is 0.391 e. The molecule has 0 radical (unpaired) electrons. The molecule has 52 valence electrons. The molecule has 0 fully saturated rings. The molecule has 3 heteroatoms. The van der Waals surface area contributed by atoms with Gasteiger partial charge in [0.05, 0.1) is 6.10 Å². The monoisotopic (exact) mass is 239 g/mol. The number of hydrogen-bond acceptors (Lipinski definition) is 2. The van der Waals surface area contributed by atoms with E-state index in [1.54, 1.807) is 0 Å². The predicted molar refractivity (Wildman–Crippen MR) is 45.6 cm³/mol. The lowest BCUT2D eigenvalue weighted by Gasteiger charge is -2.04. The van der Waals surface area contributed by atoms with Gasteiger partial charge in [-0.05, 0) is 26.2 Å². The van der Waals surface area contributed by atoms with Crippen LogP contribution in [0.25, 0.3) is 0 Å². The van der Waals surface area contributed by atoms with E-state index in [2.05, 4.69) is 34.0 Å². The molecule has 1 atom stereocenters. The van der Waals surface area contributed by atoms with Crippen LogP contribution in [0.4, 0.5) is 0 Å². The van der Waals surface area contributed by atoms with Gasteiger partial charge in [0.25, 0.3) is 0 Å². The van der Waals surface area contributed by atoms with Gasteiger partial charge in [-0.1, -0.05) is 6.08 Å². The lowest BCUT2D eigenvalue weighted by Crippen LogP contribution is -2.24. The van der Waals surface area contributed by atoms with Gasteiger partial charge in [0.1, 0.15) is 0 Å². The minimum atomic E-state index is -0.185. The zero-order chi connectivity index (χ0) is 6.69. The Morgan fingerprint density at radius 1 is 1.78 bits per heavy atom. The molecule has 1 aliphatic heterocycles. The summed E-state index contributed by atoms with van der Waals surface area (Å²) in [6, 6.07) is 0. The summed E-state index contributed by atoms with van der Waals surface area (Å²) in [5.74, 6) is 0. The van der Waals surface area contributed by atoms with Crippen LogP contribution < -0.4 is 5.32 Å². The van der Waals surface area contributed by atoms with Crippen molar-refractivity contribution in [2.45, 2.75) is 12.5 Å². The van der Waals surface area contributed by atoms with Crippen LogP contribution in [0.2, 0.25) is 0 Å². The predicted octanol–water partition coefficient (Wildman–Crippen LogP) is 0.659. The van der Waals surface area contributed by atoms with Gasteiger partial charge >= 0.3 is 0 Å². The second-order valence-corrected chi connectivity index (χ2v) is 3.55. The van der Waals surface area contributed by atoms with Crippen molar-refractivity contribution in [1.29, 1.82) is 0 Å². The fourth-order valence-electron chi connectivity index (χ4n) is 0.813. The third-order valence-corrected chi connectivity index (χ3v) is 2.16. The first-order chi connectivity index (χ1) is 4.29. The fourth-order valence-corrected chi connectivity index (χ4v) is 1.54. The average Bonchev–Trinajstić information content (AvgIpc) is 1.93. The summed E-state index contributed by atoms with van der Waals surface area (Å²) in [4.78, 5) is 0. The van der Waals surface area contributed by atoms with E-state index in [4.69, 9.17) is 5.11 Å². The zero-order valence-electron chi connectivity index (χ0n) is 5.10. The van der Waals surface area contributed by atoms with Crippen LogP contribution in [-0.4, -0.2) is 24.3 Å². The van der Waals surface area contributed by atoms with E-state index in [-0.39, 0.29) is 6.10 Å². The highest BCUT2D eigenvalue weighted by atomic mass is 127. The van der Waals surface area contributed by atoms with Crippen molar-refractivity contribution in [3.8, 4) is 0 Å². The Balaban J connectivity index is 2.44. The summed E-state index contributed by atoms with van der Waals surface area (Å²) >= 11 is 2.26. The number of aliphatic hydroxyl groups is 1. The average molecular weight is 239 g/mol. The summed E-state index contributed by atoms with van der Waals surface area (Å²) < 4.78 is 1.25. The first-order valence-corrected chi connectivity index (χ1v) is 4.10. The number of nitrogens with one attached hydrogen (secondary N) is 1. The van der Waals surface area contributed by atoms with Gasteiger partial charge in [0, 0.05) is 19.5 Å². The molecule has 1 heterocycles. The number of β-amino-alcohol motifs (C(OH)–C–C–N with tert-alkyl or cyclic N) is 1. The standard InChI is InChI=1S/C6H10INO/c7-5-1-2-8-4-6(9)3-5/h1,6,8-9H,2-4H2/t6-/m0/s1. The van der Waals surface area contributed by atoms with Crippen molar-refractivity contribution in [2.24, 2.45) is 0 Å². The van der Waals surface area contributed by atoms with E-state index in [1.165, 1.54) is 3.58 Å². The number of rotatable bonds is 0. The van der Waals surface area contributed by atoms with E-state index >= 15 is 0 Å². The van der Waals surface area contributed by atoms with Crippen molar-refractivity contribution in [3.05, 3.63) is 9.66 Å². The highest BCUT2D eigenvalue weighted by molar-refractivity contribution is 14.1. The summed E-state index contributed by atoms with van der Waals surface area (Å²) in [6.45, 7) is 1.62. The molecule has 0 aromatic heterocycles. The van der Waals surface area contributed by atoms with Gasteiger partial charge in [-0.15, -0.1) is 0 Å². The second-order valence-electron chi connectivity index (χ2n) is 2.17. The highest BCUT2D eigenvalue weighted by Crippen LogP contribution is 2.14. The van der Waals surface area contributed by atoms with E-state index in [9.17, 15) is 0 Å². The third-order valence-electron chi connectivity index (χ3n) is 1.28. The van der Waals surface area contributed by atoms with Crippen LogP contribution in [0.5, 0.6) is 0 Å². The SMILES string of the molecule is O[C@@H]1CNCC=C(I)C1. The molecule has 0 aromatic rings. The Hall–Kier alpha value is 0.390. The highest BCUT2D eigenvalue weighted by Gasteiger charge is 2.07. The van der Waals surface area contributed by atoms with Crippen molar-refractivity contribution < 1.29 is 5.11 Å². The minimum Gasteiger partial charge on any atom is -0.391 e. The summed E-state index contributed by atoms with van der Waals surface area (Å²) in [5.41, 5.74) is 0. The van der Waals surface area contributed by atoms with Crippen LogP contribution in [-0.2, 0) is 0 Å². The van der Waals surface area contributed by atoms with Crippen molar-refractivity contribution in [3.63, 3.8) is 0 Å². The molecule has 0 unspecified atom stereocenters. The summed E-state index contributed by atoms with van der Waals surface area (Å²) in [5, 5.41) is 12.2. The van der Waals surface area contributed by atoms with Crippen molar-refractivity contribution in [2.75, 3.05) is 13.1 Å². The van der Waals surface area contributed by atoms with Gasteiger partial charge < -0.3 is 10.4 Å². The molecule has 2 N–H and O–H groups in total. The lowest BCUT2D eigenvalue weighted by atomic mass is 10.2. The minimum absolute atomic E-state index is 0.185. The topological polar surface area (TPSA) is 32.3 Å². The van der Waals surface area contributed by atoms with E-state index in [1.807, 2.05) is 0 Å². The maximum absolute atomic E-state index is 9.15. The van der Waals surface area contributed by atoms with E-state index < -0.39 is 0 Å². The normalized spacial score (nSPS) is 29.1. The first-order valence-electron chi connectivity index (χ1n) is 3.02.